The van der Waals surface area contributed by atoms with Crippen LogP contribution in [0.1, 0.15) is 18.1 Å². The van der Waals surface area contributed by atoms with E-state index >= 15 is 0 Å². The molecule has 0 aliphatic heterocycles. The number of rotatable bonds is 6. The lowest BCUT2D eigenvalue weighted by atomic mass is 10.1. The fraction of sp³-hybridized carbons (Fsp3) is 0.294. The van der Waals surface area contributed by atoms with Gasteiger partial charge in [-0.3, -0.25) is 0 Å². The monoisotopic (exact) mass is 305 g/mol. The van der Waals surface area contributed by atoms with Gasteiger partial charge in [0.2, 0.25) is 0 Å². The molecule has 112 valence electrons. The molecule has 0 saturated heterocycles. The van der Waals surface area contributed by atoms with Crippen LogP contribution in [0.2, 0.25) is 5.02 Å². The third kappa shape index (κ3) is 4.38. The zero-order chi connectivity index (χ0) is 15.2. The molecule has 0 radical (unpaired) electrons. The molecule has 2 aromatic carbocycles. The minimum atomic E-state index is 0.0712. The van der Waals surface area contributed by atoms with E-state index in [0.717, 1.165) is 17.5 Å². The molecule has 0 aromatic heterocycles. The first-order valence-corrected chi connectivity index (χ1v) is 7.26. The third-order valence-corrected chi connectivity index (χ3v) is 3.35. The zero-order valence-corrected chi connectivity index (χ0v) is 13.1. The topological polar surface area (TPSA) is 44.5 Å². The van der Waals surface area contributed by atoms with Gasteiger partial charge in [0.15, 0.2) is 11.5 Å². The summed E-state index contributed by atoms with van der Waals surface area (Å²) in [5.41, 5.74) is 7.94. The van der Waals surface area contributed by atoms with E-state index in [9.17, 15) is 0 Å². The van der Waals surface area contributed by atoms with E-state index in [1.54, 1.807) is 7.11 Å². The maximum absolute atomic E-state index is 6.32. The molecule has 2 N–H and O–H groups in total. The number of hydrogen-bond donors (Lipinski definition) is 1. The summed E-state index contributed by atoms with van der Waals surface area (Å²) in [6.07, 6.45) is 0.745. The predicted molar refractivity (Wildman–Crippen MR) is 86.1 cm³/mol. The SMILES string of the molecule is COc1cc(CC(C)N)cc(Cl)c1OCc1ccccc1. The van der Waals surface area contributed by atoms with Crippen LogP contribution in [0.15, 0.2) is 42.5 Å². The van der Waals surface area contributed by atoms with Gasteiger partial charge in [0, 0.05) is 6.04 Å². The zero-order valence-electron chi connectivity index (χ0n) is 12.3. The van der Waals surface area contributed by atoms with Crippen LogP contribution in [-0.2, 0) is 13.0 Å². The smallest absolute Gasteiger partial charge is 0.180 e. The number of ether oxygens (including phenoxy) is 2. The van der Waals surface area contributed by atoms with Crippen molar-refractivity contribution in [2.24, 2.45) is 5.73 Å². The summed E-state index contributed by atoms with van der Waals surface area (Å²) in [4.78, 5) is 0. The Kier molecular flexibility index (Phi) is 5.48. The number of halogens is 1. The summed E-state index contributed by atoms with van der Waals surface area (Å²) in [6, 6.07) is 13.8. The van der Waals surface area contributed by atoms with Crippen LogP contribution in [0.5, 0.6) is 11.5 Å². The minimum absolute atomic E-state index is 0.0712. The van der Waals surface area contributed by atoms with E-state index < -0.39 is 0 Å². The van der Waals surface area contributed by atoms with Crippen LogP contribution in [0, 0.1) is 0 Å². The van der Waals surface area contributed by atoms with Gasteiger partial charge >= 0.3 is 0 Å². The molecule has 0 spiro atoms. The molecule has 0 aliphatic rings. The van der Waals surface area contributed by atoms with E-state index in [2.05, 4.69) is 0 Å². The number of hydrogen-bond acceptors (Lipinski definition) is 3. The van der Waals surface area contributed by atoms with E-state index in [4.69, 9.17) is 26.8 Å². The van der Waals surface area contributed by atoms with Gasteiger partial charge in [-0.05, 0) is 36.6 Å². The van der Waals surface area contributed by atoms with Gasteiger partial charge in [-0.2, -0.15) is 0 Å². The lowest BCUT2D eigenvalue weighted by molar-refractivity contribution is 0.284. The largest absolute Gasteiger partial charge is 0.493 e. The Balaban J connectivity index is 2.18. The number of nitrogens with two attached hydrogens (primary N) is 1. The normalized spacial score (nSPS) is 12.0. The van der Waals surface area contributed by atoms with Gasteiger partial charge in [0.25, 0.3) is 0 Å². The summed E-state index contributed by atoms with van der Waals surface area (Å²) in [5.74, 6) is 1.20. The Morgan fingerprint density at radius 2 is 1.86 bits per heavy atom. The Morgan fingerprint density at radius 3 is 2.48 bits per heavy atom. The van der Waals surface area contributed by atoms with Crippen molar-refractivity contribution < 1.29 is 9.47 Å². The lowest BCUT2D eigenvalue weighted by Gasteiger charge is -2.15. The fourth-order valence-corrected chi connectivity index (χ4v) is 2.42. The van der Waals surface area contributed by atoms with Crippen molar-refractivity contribution in [2.45, 2.75) is 26.0 Å². The van der Waals surface area contributed by atoms with Crippen LogP contribution in [0.4, 0.5) is 0 Å². The molecule has 2 aromatic rings. The van der Waals surface area contributed by atoms with Crippen molar-refractivity contribution in [1.82, 2.24) is 0 Å². The van der Waals surface area contributed by atoms with E-state index in [1.807, 2.05) is 49.4 Å². The fourth-order valence-electron chi connectivity index (χ4n) is 2.13. The molecule has 0 saturated carbocycles. The van der Waals surface area contributed by atoms with E-state index in [0.29, 0.717) is 23.1 Å². The minimum Gasteiger partial charge on any atom is -0.493 e. The third-order valence-electron chi connectivity index (χ3n) is 3.07. The Hall–Kier alpha value is -1.71. The molecule has 4 heteroatoms. The Bertz CT molecular complexity index is 585. The molecule has 0 amide bonds. The highest BCUT2D eigenvalue weighted by molar-refractivity contribution is 6.32. The van der Waals surface area contributed by atoms with Crippen LogP contribution < -0.4 is 15.2 Å². The molecule has 0 fully saturated rings. The quantitative estimate of drug-likeness (QED) is 0.882. The highest BCUT2D eigenvalue weighted by Gasteiger charge is 2.13. The Labute approximate surface area is 130 Å². The van der Waals surface area contributed by atoms with Crippen LogP contribution in [0.3, 0.4) is 0 Å². The van der Waals surface area contributed by atoms with Gasteiger partial charge in [-0.1, -0.05) is 41.9 Å². The second-order valence-corrected chi connectivity index (χ2v) is 5.47. The van der Waals surface area contributed by atoms with Gasteiger partial charge in [0.1, 0.15) is 6.61 Å². The number of methoxy groups -OCH3 is 1. The van der Waals surface area contributed by atoms with Crippen molar-refractivity contribution in [2.75, 3.05) is 7.11 Å². The Morgan fingerprint density at radius 1 is 1.14 bits per heavy atom. The highest BCUT2D eigenvalue weighted by atomic mass is 35.5. The van der Waals surface area contributed by atoms with Gasteiger partial charge in [-0.15, -0.1) is 0 Å². The summed E-state index contributed by atoms with van der Waals surface area (Å²) in [5, 5.41) is 0.543. The summed E-state index contributed by atoms with van der Waals surface area (Å²) < 4.78 is 11.2. The molecule has 3 nitrogen and oxygen atoms in total. The molecule has 1 unspecified atom stereocenters. The molecular weight excluding hydrogens is 286 g/mol. The molecule has 21 heavy (non-hydrogen) atoms. The average molecular weight is 306 g/mol. The van der Waals surface area contributed by atoms with Gasteiger partial charge in [-0.25, -0.2) is 0 Å². The average Bonchev–Trinajstić information content (AvgIpc) is 2.46. The first-order chi connectivity index (χ1) is 10.1. The predicted octanol–water partition coefficient (Wildman–Crippen LogP) is 3.82. The van der Waals surface area contributed by atoms with Crippen LogP contribution >= 0.6 is 11.6 Å². The lowest BCUT2D eigenvalue weighted by Crippen LogP contribution is -2.17. The second kappa shape index (κ2) is 7.34. The van der Waals surface area contributed by atoms with Crippen molar-refractivity contribution in [3.8, 4) is 11.5 Å². The summed E-state index contributed by atoms with van der Waals surface area (Å²) in [6.45, 7) is 2.41. The van der Waals surface area contributed by atoms with Crippen molar-refractivity contribution >= 4 is 11.6 Å². The van der Waals surface area contributed by atoms with Crippen molar-refractivity contribution in [3.05, 3.63) is 58.6 Å². The maximum atomic E-state index is 6.32. The number of benzene rings is 2. The molecule has 1 atom stereocenters. The molecule has 0 aliphatic carbocycles. The highest BCUT2D eigenvalue weighted by Crippen LogP contribution is 2.37. The summed E-state index contributed by atoms with van der Waals surface area (Å²) >= 11 is 6.32. The van der Waals surface area contributed by atoms with Crippen molar-refractivity contribution in [1.29, 1.82) is 0 Å². The molecule has 0 bridgehead atoms. The maximum Gasteiger partial charge on any atom is 0.180 e. The molecule has 2 rings (SSSR count). The van der Waals surface area contributed by atoms with Crippen LogP contribution in [0.25, 0.3) is 0 Å². The molecule has 0 heterocycles. The summed E-state index contributed by atoms with van der Waals surface area (Å²) in [7, 11) is 1.61. The standard InChI is InChI=1S/C17H20ClNO2/c1-12(19)8-14-9-15(18)17(16(10-14)20-2)21-11-13-6-4-3-5-7-13/h3-7,9-10,12H,8,11,19H2,1-2H3. The van der Waals surface area contributed by atoms with E-state index in [1.165, 1.54) is 0 Å². The first-order valence-electron chi connectivity index (χ1n) is 6.89. The second-order valence-electron chi connectivity index (χ2n) is 5.06. The van der Waals surface area contributed by atoms with E-state index in [-0.39, 0.29) is 6.04 Å². The first kappa shape index (κ1) is 15.7. The van der Waals surface area contributed by atoms with Crippen molar-refractivity contribution in [3.63, 3.8) is 0 Å². The van der Waals surface area contributed by atoms with Crippen LogP contribution in [-0.4, -0.2) is 13.2 Å². The molecular formula is C17H20ClNO2. The van der Waals surface area contributed by atoms with Gasteiger partial charge in [0.05, 0.1) is 12.1 Å². The van der Waals surface area contributed by atoms with Gasteiger partial charge < -0.3 is 15.2 Å².